The number of hydrogen-bond donors (Lipinski definition) is 3. The number of piperidine rings is 1. The average Bonchev–Trinajstić information content (AvgIpc) is 3.76. The SMILES string of the molecule is C[C@@H](/C=C/CCn1cc(CCO)nn1)[C@]1(O)C(=O)N(Cc2ccc(N3CN(c4ccccc4)C4(CCNCC4)C3=O)cc2)c2ccccc21. The molecule has 3 aliphatic heterocycles. The number of anilines is 3. The van der Waals surface area contributed by atoms with Gasteiger partial charge >= 0.3 is 0 Å². The van der Waals surface area contributed by atoms with Crippen LogP contribution in [0.15, 0.2) is 97.2 Å². The Morgan fingerprint density at radius 1 is 0.939 bits per heavy atom. The van der Waals surface area contributed by atoms with Crippen molar-refractivity contribution in [3.8, 4) is 0 Å². The molecule has 3 aromatic carbocycles. The van der Waals surface area contributed by atoms with Crippen LogP contribution in [0.3, 0.4) is 0 Å². The van der Waals surface area contributed by atoms with Crippen molar-refractivity contribution >= 4 is 28.9 Å². The van der Waals surface area contributed by atoms with E-state index in [1.54, 1.807) is 9.58 Å². The highest BCUT2D eigenvalue weighted by Crippen LogP contribution is 2.46. The molecule has 2 fully saturated rings. The summed E-state index contributed by atoms with van der Waals surface area (Å²) in [6.07, 6.45) is 8.27. The summed E-state index contributed by atoms with van der Waals surface area (Å²) in [7, 11) is 0. The van der Waals surface area contributed by atoms with Crippen molar-refractivity contribution in [2.24, 2.45) is 5.92 Å². The van der Waals surface area contributed by atoms with E-state index in [0.717, 1.165) is 48.6 Å². The van der Waals surface area contributed by atoms with E-state index in [4.69, 9.17) is 5.11 Å². The molecule has 7 rings (SSSR count). The van der Waals surface area contributed by atoms with Crippen LogP contribution in [0.4, 0.5) is 17.1 Å². The lowest BCUT2D eigenvalue weighted by atomic mass is 9.83. The van der Waals surface area contributed by atoms with Crippen LogP contribution in [0.25, 0.3) is 0 Å². The van der Waals surface area contributed by atoms with Crippen molar-refractivity contribution in [2.45, 2.75) is 56.8 Å². The first-order chi connectivity index (χ1) is 23.8. The fourth-order valence-electron chi connectivity index (χ4n) is 7.51. The summed E-state index contributed by atoms with van der Waals surface area (Å²) in [5.41, 5.74) is 2.51. The highest BCUT2D eigenvalue weighted by Gasteiger charge is 2.54. The van der Waals surface area contributed by atoms with E-state index in [1.165, 1.54) is 0 Å². The lowest BCUT2D eigenvalue weighted by Crippen LogP contribution is -2.55. The summed E-state index contributed by atoms with van der Waals surface area (Å²) in [6, 6.07) is 25.5. The number of fused-ring (bicyclic) bond motifs is 1. The van der Waals surface area contributed by atoms with Crippen LogP contribution < -0.4 is 20.0 Å². The number of nitrogens with zero attached hydrogens (tertiary/aromatic N) is 6. The van der Waals surface area contributed by atoms with Crippen LogP contribution in [-0.4, -0.2) is 68.9 Å². The Hall–Kier alpha value is -4.84. The largest absolute Gasteiger partial charge is 0.396 e. The zero-order valence-corrected chi connectivity index (χ0v) is 27.8. The van der Waals surface area contributed by atoms with Crippen LogP contribution in [-0.2, 0) is 34.7 Å². The summed E-state index contributed by atoms with van der Waals surface area (Å²) in [4.78, 5) is 33.9. The quantitative estimate of drug-likeness (QED) is 0.208. The topological polar surface area (TPSA) is 127 Å². The van der Waals surface area contributed by atoms with Gasteiger partial charge in [-0.3, -0.25) is 19.2 Å². The van der Waals surface area contributed by atoms with Gasteiger partial charge in [0.1, 0.15) is 5.54 Å². The third kappa shape index (κ3) is 5.92. The van der Waals surface area contributed by atoms with Crippen molar-refractivity contribution in [3.63, 3.8) is 0 Å². The number of hydrogen-bond acceptors (Lipinski definition) is 8. The predicted octanol–water partition coefficient (Wildman–Crippen LogP) is 3.76. The molecule has 11 nitrogen and oxygen atoms in total. The Morgan fingerprint density at radius 3 is 2.43 bits per heavy atom. The molecule has 11 heteroatoms. The Balaban J connectivity index is 1.06. The van der Waals surface area contributed by atoms with Gasteiger partial charge in [-0.05, 0) is 68.2 Å². The summed E-state index contributed by atoms with van der Waals surface area (Å²) >= 11 is 0. The highest BCUT2D eigenvalue weighted by atomic mass is 16.3. The second-order valence-corrected chi connectivity index (χ2v) is 13.2. The molecule has 1 spiro atoms. The van der Waals surface area contributed by atoms with Gasteiger partial charge in [-0.25, -0.2) is 0 Å². The zero-order chi connectivity index (χ0) is 34.0. The molecule has 0 aliphatic carbocycles. The van der Waals surface area contributed by atoms with Gasteiger partial charge in [0.2, 0.25) is 0 Å². The first-order valence-electron chi connectivity index (χ1n) is 17.1. The average molecular weight is 662 g/mol. The fourth-order valence-corrected chi connectivity index (χ4v) is 7.51. The van der Waals surface area contributed by atoms with E-state index in [-0.39, 0.29) is 25.0 Å². The first kappa shape index (κ1) is 32.7. The van der Waals surface area contributed by atoms with Crippen LogP contribution in [0.5, 0.6) is 0 Å². The number of aliphatic hydroxyl groups excluding tert-OH is 1. The molecular formula is C38H43N7O4. The summed E-state index contributed by atoms with van der Waals surface area (Å²) in [6.45, 7) is 4.84. The van der Waals surface area contributed by atoms with E-state index in [0.29, 0.717) is 37.3 Å². The predicted molar refractivity (Wildman–Crippen MR) is 188 cm³/mol. The van der Waals surface area contributed by atoms with Crippen molar-refractivity contribution in [1.82, 2.24) is 20.3 Å². The number of para-hydroxylation sites is 2. The van der Waals surface area contributed by atoms with Gasteiger partial charge in [-0.2, -0.15) is 0 Å². The fraction of sp³-hybridized carbons (Fsp3) is 0.368. The highest BCUT2D eigenvalue weighted by molar-refractivity contribution is 6.07. The number of aliphatic hydroxyl groups is 2. The maximum atomic E-state index is 14.1. The second-order valence-electron chi connectivity index (χ2n) is 13.2. The van der Waals surface area contributed by atoms with Crippen LogP contribution >= 0.6 is 0 Å². The van der Waals surface area contributed by atoms with E-state index in [2.05, 4.69) is 32.7 Å². The lowest BCUT2D eigenvalue weighted by molar-refractivity contribution is -0.139. The van der Waals surface area contributed by atoms with Gasteiger partial charge in [0, 0.05) is 48.6 Å². The third-order valence-corrected chi connectivity index (χ3v) is 10.3. The van der Waals surface area contributed by atoms with Gasteiger partial charge < -0.3 is 25.3 Å². The maximum absolute atomic E-state index is 14.1. The summed E-state index contributed by atoms with van der Waals surface area (Å²) in [5, 5.41) is 32.7. The summed E-state index contributed by atoms with van der Waals surface area (Å²) < 4.78 is 1.72. The van der Waals surface area contributed by atoms with Gasteiger partial charge in [0.05, 0.1) is 24.6 Å². The van der Waals surface area contributed by atoms with Crippen LogP contribution in [0, 0.1) is 5.92 Å². The minimum absolute atomic E-state index is 0.0268. The molecular weight excluding hydrogens is 618 g/mol. The summed E-state index contributed by atoms with van der Waals surface area (Å²) in [5.74, 6) is -0.722. The molecule has 2 saturated heterocycles. The monoisotopic (exact) mass is 661 g/mol. The Kier molecular flexibility index (Phi) is 9.06. The Morgan fingerprint density at radius 2 is 1.67 bits per heavy atom. The molecule has 49 heavy (non-hydrogen) atoms. The number of carbonyl (C=O) groups is 2. The third-order valence-electron chi connectivity index (χ3n) is 10.3. The maximum Gasteiger partial charge on any atom is 0.264 e. The number of amides is 2. The minimum Gasteiger partial charge on any atom is -0.396 e. The number of rotatable bonds is 11. The second kappa shape index (κ2) is 13.6. The lowest BCUT2D eigenvalue weighted by Gasteiger charge is -2.39. The molecule has 2 amide bonds. The van der Waals surface area contributed by atoms with Crippen molar-refractivity contribution in [2.75, 3.05) is 41.1 Å². The minimum atomic E-state index is -1.71. The first-order valence-corrected chi connectivity index (χ1v) is 17.1. The number of benzene rings is 3. The van der Waals surface area contributed by atoms with Crippen molar-refractivity contribution in [1.29, 1.82) is 0 Å². The molecule has 3 aliphatic rings. The zero-order valence-electron chi connectivity index (χ0n) is 27.8. The molecule has 0 saturated carbocycles. The Bertz CT molecular complexity index is 1820. The molecule has 0 radical (unpaired) electrons. The van der Waals surface area contributed by atoms with E-state index in [9.17, 15) is 14.7 Å². The number of carbonyl (C=O) groups excluding carboxylic acids is 2. The number of allylic oxidation sites excluding steroid dienone is 1. The Labute approximate surface area is 286 Å². The molecule has 0 bridgehead atoms. The van der Waals surface area contributed by atoms with Crippen molar-refractivity contribution in [3.05, 3.63) is 114 Å². The van der Waals surface area contributed by atoms with E-state index >= 15 is 0 Å². The van der Waals surface area contributed by atoms with Gasteiger partial charge in [0.25, 0.3) is 11.8 Å². The van der Waals surface area contributed by atoms with E-state index in [1.807, 2.05) is 96.9 Å². The molecule has 254 valence electrons. The smallest absolute Gasteiger partial charge is 0.264 e. The molecule has 0 unspecified atom stereocenters. The van der Waals surface area contributed by atoms with Crippen molar-refractivity contribution < 1.29 is 19.8 Å². The number of nitrogens with one attached hydrogen (secondary N) is 1. The number of aromatic nitrogens is 3. The van der Waals surface area contributed by atoms with Gasteiger partial charge in [-0.1, -0.05) is 72.8 Å². The van der Waals surface area contributed by atoms with Gasteiger partial charge in [0.15, 0.2) is 5.60 Å². The number of aryl methyl sites for hydroxylation is 1. The van der Waals surface area contributed by atoms with E-state index < -0.39 is 17.1 Å². The normalized spacial score (nSPS) is 20.9. The van der Waals surface area contributed by atoms with Crippen LogP contribution in [0.1, 0.15) is 43.0 Å². The van der Waals surface area contributed by atoms with Crippen LogP contribution in [0.2, 0.25) is 0 Å². The molecule has 3 N–H and O–H groups in total. The molecule has 4 aromatic rings. The molecule has 2 atom stereocenters. The standard InChI is InChI=1S/C38H43N7O4/c1-28(9-7-8-23-42-26-30(18-24-46)40-41-42)38(49)33-12-5-6-13-34(33)43(36(38)48)25-29-14-16-31(17-15-29)44-27-45(32-10-3-2-4-11-32)37(35(44)47)19-21-39-22-20-37/h2-7,9-17,26,28,39,46,49H,8,18-25,27H2,1H3/b9-7+/t28-,38+/m0/s1. The molecule has 4 heterocycles. The molecule has 1 aromatic heterocycles. The van der Waals surface area contributed by atoms with Gasteiger partial charge in [-0.15, -0.1) is 5.10 Å².